The third-order valence-corrected chi connectivity index (χ3v) is 4.61. The first kappa shape index (κ1) is 18.4. The second kappa shape index (κ2) is 7.58. The molecule has 0 fully saturated rings. The van der Waals surface area contributed by atoms with Crippen LogP contribution in [0.2, 0.25) is 0 Å². The second-order valence-electron chi connectivity index (χ2n) is 6.32. The van der Waals surface area contributed by atoms with Crippen LogP contribution < -0.4 is 20.1 Å². The lowest BCUT2D eigenvalue weighted by molar-refractivity contribution is -0.113. The number of hydrogen-bond donors (Lipinski definition) is 2. The Hall–Kier alpha value is -3.95. The number of benzene rings is 1. The summed E-state index contributed by atoms with van der Waals surface area (Å²) in [6, 6.07) is 8.27. The number of methoxy groups -OCH3 is 2. The molecular formula is C19H19N7O3. The summed E-state index contributed by atoms with van der Waals surface area (Å²) in [6.45, 7) is 1.80. The number of carbonyl (C=O) groups is 1. The van der Waals surface area contributed by atoms with Gasteiger partial charge in [0.25, 0.3) is 5.91 Å². The summed E-state index contributed by atoms with van der Waals surface area (Å²) in [7, 11) is 3.15. The molecule has 10 heteroatoms. The van der Waals surface area contributed by atoms with Crippen molar-refractivity contribution in [1.82, 2.24) is 25.2 Å². The molecule has 1 atom stereocenters. The van der Waals surface area contributed by atoms with Gasteiger partial charge in [0, 0.05) is 17.5 Å². The monoisotopic (exact) mass is 393 g/mol. The van der Waals surface area contributed by atoms with Crippen LogP contribution in [0.5, 0.6) is 11.5 Å². The van der Waals surface area contributed by atoms with Crippen molar-refractivity contribution in [1.29, 1.82) is 0 Å². The lowest BCUT2D eigenvalue weighted by Crippen LogP contribution is -2.31. The number of ether oxygens (including phenoxy) is 2. The van der Waals surface area contributed by atoms with Crippen LogP contribution in [0.1, 0.15) is 18.5 Å². The molecular weight excluding hydrogens is 374 g/mol. The summed E-state index contributed by atoms with van der Waals surface area (Å²) in [5.41, 5.74) is 2.35. The SMILES string of the molecule is COc1ccc(OC)c([C@H]2C(C(=O)Nc3cccnc3)=C(C)Nc3nnnn32)c1. The highest BCUT2D eigenvalue weighted by Gasteiger charge is 2.36. The molecule has 2 aromatic heterocycles. The maximum Gasteiger partial charge on any atom is 0.255 e. The highest BCUT2D eigenvalue weighted by molar-refractivity contribution is 6.06. The van der Waals surface area contributed by atoms with Gasteiger partial charge in [-0.15, -0.1) is 0 Å². The fourth-order valence-electron chi connectivity index (χ4n) is 3.28. The molecule has 1 aliphatic rings. The van der Waals surface area contributed by atoms with E-state index in [2.05, 4.69) is 31.1 Å². The van der Waals surface area contributed by atoms with Crippen molar-refractivity contribution in [2.75, 3.05) is 24.9 Å². The van der Waals surface area contributed by atoms with Gasteiger partial charge in [-0.2, -0.15) is 4.68 Å². The fraction of sp³-hybridized carbons (Fsp3) is 0.211. The van der Waals surface area contributed by atoms with Crippen molar-refractivity contribution in [3.63, 3.8) is 0 Å². The summed E-state index contributed by atoms with van der Waals surface area (Å²) in [5, 5.41) is 17.8. The molecule has 0 radical (unpaired) electrons. The van der Waals surface area contributed by atoms with E-state index in [1.807, 2.05) is 6.07 Å². The Bertz CT molecular complexity index is 1080. The zero-order valence-corrected chi connectivity index (χ0v) is 16.1. The van der Waals surface area contributed by atoms with E-state index < -0.39 is 6.04 Å². The number of carbonyl (C=O) groups excluding carboxylic acids is 1. The Labute approximate surface area is 166 Å². The molecule has 1 amide bonds. The number of amides is 1. The molecule has 3 aromatic rings. The van der Waals surface area contributed by atoms with E-state index in [0.717, 1.165) is 0 Å². The molecule has 0 bridgehead atoms. The maximum absolute atomic E-state index is 13.3. The van der Waals surface area contributed by atoms with Crippen LogP contribution in [0.25, 0.3) is 0 Å². The number of nitrogens with zero attached hydrogens (tertiary/aromatic N) is 5. The Morgan fingerprint density at radius 3 is 2.83 bits per heavy atom. The summed E-state index contributed by atoms with van der Waals surface area (Å²) < 4.78 is 12.5. The summed E-state index contributed by atoms with van der Waals surface area (Å²) in [4.78, 5) is 17.3. The standard InChI is InChI=1S/C19H19N7O3/c1-11-16(18(27)22-12-5-4-8-20-10-12)17(26-19(21-11)23-24-25-26)14-9-13(28-2)6-7-15(14)29-3/h4-10,17H,1-3H3,(H,22,27)(H,21,23,25)/t17-/m0/s1. The average molecular weight is 393 g/mol. The topological polar surface area (TPSA) is 116 Å². The average Bonchev–Trinajstić information content (AvgIpc) is 3.20. The predicted molar refractivity (Wildman–Crippen MR) is 105 cm³/mol. The molecule has 2 N–H and O–H groups in total. The van der Waals surface area contributed by atoms with Crippen LogP contribution in [-0.4, -0.2) is 45.3 Å². The molecule has 0 saturated heterocycles. The van der Waals surface area contributed by atoms with Crippen molar-refractivity contribution >= 4 is 17.5 Å². The second-order valence-corrected chi connectivity index (χ2v) is 6.32. The van der Waals surface area contributed by atoms with Gasteiger partial charge < -0.3 is 20.1 Å². The lowest BCUT2D eigenvalue weighted by atomic mass is 9.94. The highest BCUT2D eigenvalue weighted by atomic mass is 16.5. The summed E-state index contributed by atoms with van der Waals surface area (Å²) in [5.74, 6) is 1.33. The molecule has 0 spiro atoms. The van der Waals surface area contributed by atoms with Gasteiger partial charge in [0.2, 0.25) is 5.95 Å². The van der Waals surface area contributed by atoms with Crippen molar-refractivity contribution in [2.45, 2.75) is 13.0 Å². The zero-order chi connectivity index (χ0) is 20.4. The number of tetrazole rings is 1. The van der Waals surface area contributed by atoms with Crippen molar-refractivity contribution in [3.05, 3.63) is 59.6 Å². The number of aromatic nitrogens is 5. The number of rotatable bonds is 5. The molecule has 0 unspecified atom stereocenters. The minimum absolute atomic E-state index is 0.306. The Morgan fingerprint density at radius 1 is 1.24 bits per heavy atom. The van der Waals surface area contributed by atoms with Gasteiger partial charge >= 0.3 is 0 Å². The summed E-state index contributed by atoms with van der Waals surface area (Å²) in [6.07, 6.45) is 3.22. The predicted octanol–water partition coefficient (Wildman–Crippen LogP) is 2.01. The Morgan fingerprint density at radius 2 is 2.10 bits per heavy atom. The molecule has 10 nitrogen and oxygen atoms in total. The van der Waals surface area contributed by atoms with E-state index in [-0.39, 0.29) is 5.91 Å². The van der Waals surface area contributed by atoms with Gasteiger partial charge in [0.15, 0.2) is 0 Å². The smallest absolute Gasteiger partial charge is 0.255 e. The zero-order valence-electron chi connectivity index (χ0n) is 16.1. The van der Waals surface area contributed by atoms with E-state index in [4.69, 9.17) is 9.47 Å². The molecule has 1 aliphatic heterocycles. The fourth-order valence-corrected chi connectivity index (χ4v) is 3.28. The maximum atomic E-state index is 13.3. The highest BCUT2D eigenvalue weighted by Crippen LogP contribution is 2.40. The van der Waals surface area contributed by atoms with Crippen LogP contribution in [-0.2, 0) is 4.79 Å². The van der Waals surface area contributed by atoms with Crippen LogP contribution in [0.3, 0.4) is 0 Å². The van der Waals surface area contributed by atoms with E-state index in [1.54, 1.807) is 62.5 Å². The van der Waals surface area contributed by atoms with E-state index in [9.17, 15) is 4.79 Å². The number of pyridine rings is 1. The van der Waals surface area contributed by atoms with Gasteiger partial charge in [-0.3, -0.25) is 9.78 Å². The molecule has 1 aromatic carbocycles. The number of nitrogens with one attached hydrogen (secondary N) is 2. The van der Waals surface area contributed by atoms with Crippen LogP contribution >= 0.6 is 0 Å². The molecule has 0 aliphatic carbocycles. The molecule has 0 saturated carbocycles. The molecule has 148 valence electrons. The molecule has 29 heavy (non-hydrogen) atoms. The van der Waals surface area contributed by atoms with Gasteiger partial charge in [-0.25, -0.2) is 0 Å². The molecule has 3 heterocycles. The van der Waals surface area contributed by atoms with Crippen molar-refractivity contribution in [3.8, 4) is 11.5 Å². The van der Waals surface area contributed by atoms with Crippen LogP contribution in [0.4, 0.5) is 11.6 Å². The van der Waals surface area contributed by atoms with E-state index in [1.165, 1.54) is 0 Å². The molecule has 4 rings (SSSR count). The van der Waals surface area contributed by atoms with Crippen LogP contribution in [0, 0.1) is 0 Å². The Kier molecular flexibility index (Phi) is 4.82. The Balaban J connectivity index is 1.84. The largest absolute Gasteiger partial charge is 0.497 e. The minimum atomic E-state index is -0.622. The summed E-state index contributed by atoms with van der Waals surface area (Å²) >= 11 is 0. The number of anilines is 2. The van der Waals surface area contributed by atoms with Crippen molar-refractivity contribution in [2.24, 2.45) is 0 Å². The normalized spacial score (nSPS) is 15.3. The van der Waals surface area contributed by atoms with E-state index in [0.29, 0.717) is 40.0 Å². The third kappa shape index (κ3) is 3.35. The van der Waals surface area contributed by atoms with Gasteiger partial charge in [-0.1, -0.05) is 5.10 Å². The van der Waals surface area contributed by atoms with Gasteiger partial charge in [0.05, 0.1) is 31.7 Å². The van der Waals surface area contributed by atoms with Gasteiger partial charge in [0.1, 0.15) is 17.5 Å². The minimum Gasteiger partial charge on any atom is -0.497 e. The lowest BCUT2D eigenvalue weighted by Gasteiger charge is -2.29. The van der Waals surface area contributed by atoms with Crippen molar-refractivity contribution < 1.29 is 14.3 Å². The first-order chi connectivity index (χ1) is 14.1. The first-order valence-corrected chi connectivity index (χ1v) is 8.81. The quantitative estimate of drug-likeness (QED) is 0.676. The number of fused-ring (bicyclic) bond motifs is 1. The first-order valence-electron chi connectivity index (χ1n) is 8.81. The number of allylic oxidation sites excluding steroid dienone is 1. The third-order valence-electron chi connectivity index (χ3n) is 4.61. The van der Waals surface area contributed by atoms with Gasteiger partial charge in [-0.05, 0) is 47.7 Å². The van der Waals surface area contributed by atoms with E-state index >= 15 is 0 Å². The number of hydrogen-bond acceptors (Lipinski definition) is 8. The van der Waals surface area contributed by atoms with Crippen LogP contribution in [0.15, 0.2) is 54.0 Å².